The van der Waals surface area contributed by atoms with Gasteiger partial charge in [0.1, 0.15) is 12.1 Å². The quantitative estimate of drug-likeness (QED) is 0.180. The number of aliphatic hydroxyl groups excluding tert-OH is 2. The number of terminal acetylenes is 2. The maximum atomic E-state index is 13.7. The Kier molecular flexibility index (Phi) is 16.8. The molecule has 9 nitrogen and oxygen atoms in total. The smallest absolute Gasteiger partial charge is 0.389 e. The molecular formula is C35H49F3N4O5. The van der Waals surface area contributed by atoms with Crippen molar-refractivity contribution in [3.63, 3.8) is 0 Å². The molecule has 1 aliphatic rings. The summed E-state index contributed by atoms with van der Waals surface area (Å²) in [6.45, 7) is -1.12. The van der Waals surface area contributed by atoms with Crippen molar-refractivity contribution in [2.24, 2.45) is 11.8 Å². The second-order valence-corrected chi connectivity index (χ2v) is 12.5. The summed E-state index contributed by atoms with van der Waals surface area (Å²) in [5, 5.41) is 26.9. The Balaban J connectivity index is 2.19. The third kappa shape index (κ3) is 14.8. The summed E-state index contributed by atoms with van der Waals surface area (Å²) in [4.78, 5) is 42.7. The van der Waals surface area contributed by atoms with Crippen molar-refractivity contribution in [3.8, 4) is 24.7 Å². The normalized spacial score (nSPS) is 17.0. The fourth-order valence-corrected chi connectivity index (χ4v) is 5.83. The first-order valence-corrected chi connectivity index (χ1v) is 16.1. The molecule has 1 fully saturated rings. The zero-order valence-corrected chi connectivity index (χ0v) is 27.3. The monoisotopic (exact) mass is 662 g/mol. The summed E-state index contributed by atoms with van der Waals surface area (Å²) in [6.07, 6.45) is 9.00. The van der Waals surface area contributed by atoms with E-state index in [1.54, 1.807) is 30.3 Å². The number of alkyl halides is 3. The maximum absolute atomic E-state index is 13.7. The Hall–Kier alpha value is -3.58. The predicted molar refractivity (Wildman–Crippen MR) is 173 cm³/mol. The van der Waals surface area contributed by atoms with Gasteiger partial charge in [0.05, 0.1) is 24.6 Å². The number of amides is 3. The number of hydrogen-bond donors (Lipinski definition) is 4. The standard InChI is InChI=1S/C35H49F3N4O5/c1-5-13-28(34(47)40-29(32(45)30(43)14-6-2)22-26-17-11-8-12-18-26)39-33(46)27(21-25-15-9-7-10-16-25)23-31(44)42(4)20-19-41(3)24-35(36,37)38/h1-2,7,9-10,15-16,26-30,32,43,45H,8,11-14,17-24H2,3-4H3,(H,39,46)(H,40,47)/t27?,28-,29?,30?,32+/m0/s1. The number of carbonyl (C=O) groups is 3. The van der Waals surface area contributed by atoms with Crippen LogP contribution in [0.4, 0.5) is 13.2 Å². The van der Waals surface area contributed by atoms with E-state index in [4.69, 9.17) is 12.8 Å². The number of halogens is 3. The molecule has 12 heteroatoms. The van der Waals surface area contributed by atoms with Gasteiger partial charge in [-0.15, -0.1) is 24.7 Å². The Morgan fingerprint density at radius 2 is 1.60 bits per heavy atom. The second-order valence-electron chi connectivity index (χ2n) is 12.5. The SMILES string of the molecule is C#CCC(O)[C@H](O)C(CC1CCCCC1)NC(=O)[C@H](CC#C)NC(=O)C(CC(=O)N(C)CCN(C)CC(F)(F)F)Cc1ccccc1. The van der Waals surface area contributed by atoms with Crippen molar-refractivity contribution in [2.45, 2.75) is 94.7 Å². The van der Waals surface area contributed by atoms with Gasteiger partial charge in [0.2, 0.25) is 17.7 Å². The van der Waals surface area contributed by atoms with Crippen LogP contribution in [-0.2, 0) is 20.8 Å². The molecule has 3 unspecified atom stereocenters. The van der Waals surface area contributed by atoms with Gasteiger partial charge >= 0.3 is 6.18 Å². The van der Waals surface area contributed by atoms with E-state index in [0.717, 1.165) is 42.6 Å². The topological polar surface area (TPSA) is 122 Å². The summed E-state index contributed by atoms with van der Waals surface area (Å²) in [7, 11) is 2.77. The van der Waals surface area contributed by atoms with Gasteiger partial charge < -0.3 is 25.7 Å². The number of hydrogen-bond acceptors (Lipinski definition) is 6. The number of benzene rings is 1. The van der Waals surface area contributed by atoms with Crippen LogP contribution in [0, 0.1) is 36.5 Å². The van der Waals surface area contributed by atoms with E-state index in [1.165, 1.54) is 19.0 Å². The average Bonchev–Trinajstić information content (AvgIpc) is 3.02. The molecule has 260 valence electrons. The largest absolute Gasteiger partial charge is 0.401 e. The van der Waals surface area contributed by atoms with Crippen LogP contribution in [0.2, 0.25) is 0 Å². The number of rotatable bonds is 18. The number of nitrogens with one attached hydrogen (secondary N) is 2. The van der Waals surface area contributed by atoms with Crippen molar-refractivity contribution in [2.75, 3.05) is 33.7 Å². The molecule has 0 radical (unpaired) electrons. The van der Waals surface area contributed by atoms with E-state index in [2.05, 4.69) is 22.5 Å². The second kappa shape index (κ2) is 19.9. The number of aliphatic hydroxyl groups is 2. The van der Waals surface area contributed by atoms with Crippen LogP contribution < -0.4 is 10.6 Å². The van der Waals surface area contributed by atoms with Crippen molar-refractivity contribution in [1.82, 2.24) is 20.4 Å². The van der Waals surface area contributed by atoms with Crippen LogP contribution in [0.15, 0.2) is 30.3 Å². The van der Waals surface area contributed by atoms with Crippen LogP contribution in [0.1, 0.15) is 63.4 Å². The summed E-state index contributed by atoms with van der Waals surface area (Å²) >= 11 is 0. The number of likely N-dealkylation sites (N-methyl/N-ethyl adjacent to an activating group) is 2. The summed E-state index contributed by atoms with van der Waals surface area (Å²) in [5.74, 6) is 2.34. The van der Waals surface area contributed by atoms with Gasteiger partial charge in [-0.3, -0.25) is 19.3 Å². The third-order valence-corrected chi connectivity index (χ3v) is 8.54. The molecule has 1 aromatic carbocycles. The lowest BCUT2D eigenvalue weighted by atomic mass is 9.82. The van der Waals surface area contributed by atoms with E-state index in [-0.39, 0.29) is 44.7 Å². The summed E-state index contributed by atoms with van der Waals surface area (Å²) in [5.41, 5.74) is 0.768. The minimum absolute atomic E-state index is 0.0173. The molecule has 4 N–H and O–H groups in total. The fraction of sp³-hybridized carbons (Fsp3) is 0.629. The van der Waals surface area contributed by atoms with Gasteiger partial charge in [0, 0.05) is 39.4 Å². The van der Waals surface area contributed by atoms with Gasteiger partial charge in [-0.1, -0.05) is 62.4 Å². The average molecular weight is 663 g/mol. The van der Waals surface area contributed by atoms with Crippen molar-refractivity contribution < 1.29 is 37.8 Å². The van der Waals surface area contributed by atoms with Gasteiger partial charge in [-0.25, -0.2) is 0 Å². The van der Waals surface area contributed by atoms with Gasteiger partial charge in [-0.2, -0.15) is 13.2 Å². The maximum Gasteiger partial charge on any atom is 0.401 e. The van der Waals surface area contributed by atoms with E-state index in [1.807, 2.05) is 0 Å². The molecule has 1 saturated carbocycles. The first kappa shape index (κ1) is 39.6. The molecule has 0 heterocycles. The molecule has 3 amide bonds. The zero-order chi connectivity index (χ0) is 35.0. The van der Waals surface area contributed by atoms with E-state index >= 15 is 0 Å². The molecule has 2 rings (SSSR count). The van der Waals surface area contributed by atoms with Gasteiger partial charge in [-0.05, 0) is 31.4 Å². The van der Waals surface area contributed by atoms with Crippen molar-refractivity contribution in [3.05, 3.63) is 35.9 Å². The fourth-order valence-electron chi connectivity index (χ4n) is 5.83. The molecule has 0 spiro atoms. The van der Waals surface area contributed by atoms with Crippen molar-refractivity contribution in [1.29, 1.82) is 0 Å². The van der Waals surface area contributed by atoms with E-state index in [9.17, 15) is 37.8 Å². The molecule has 0 aromatic heterocycles. The number of nitrogens with zero attached hydrogens (tertiary/aromatic N) is 2. The minimum atomic E-state index is -4.37. The Morgan fingerprint density at radius 3 is 2.19 bits per heavy atom. The van der Waals surface area contributed by atoms with Crippen LogP contribution in [-0.4, -0.2) is 102 Å². The highest BCUT2D eigenvalue weighted by molar-refractivity contribution is 5.91. The molecule has 0 aliphatic heterocycles. The Labute approximate surface area is 276 Å². The lowest BCUT2D eigenvalue weighted by molar-refractivity contribution is -0.144. The van der Waals surface area contributed by atoms with Gasteiger partial charge in [0.15, 0.2) is 0 Å². The van der Waals surface area contributed by atoms with E-state index in [0.29, 0.717) is 6.42 Å². The molecule has 5 atom stereocenters. The first-order valence-electron chi connectivity index (χ1n) is 16.1. The van der Waals surface area contributed by atoms with Crippen LogP contribution >= 0.6 is 0 Å². The summed E-state index contributed by atoms with van der Waals surface area (Å²) < 4.78 is 38.1. The molecule has 0 bridgehead atoms. The van der Waals surface area contributed by atoms with Gasteiger partial charge in [0.25, 0.3) is 0 Å². The molecule has 1 aliphatic carbocycles. The van der Waals surface area contributed by atoms with Crippen LogP contribution in [0.5, 0.6) is 0 Å². The predicted octanol–water partition coefficient (Wildman–Crippen LogP) is 2.90. The van der Waals surface area contributed by atoms with Crippen LogP contribution in [0.25, 0.3) is 0 Å². The molecular weight excluding hydrogens is 613 g/mol. The van der Waals surface area contributed by atoms with Crippen LogP contribution in [0.3, 0.4) is 0 Å². The zero-order valence-electron chi connectivity index (χ0n) is 27.3. The molecule has 1 aromatic rings. The molecule has 47 heavy (non-hydrogen) atoms. The molecule has 0 saturated heterocycles. The lowest BCUT2D eigenvalue weighted by Crippen LogP contribution is -2.55. The van der Waals surface area contributed by atoms with E-state index < -0.39 is 60.7 Å². The number of carbonyl (C=O) groups excluding carboxylic acids is 3. The van der Waals surface area contributed by atoms with Crippen molar-refractivity contribution >= 4 is 17.7 Å². The Morgan fingerprint density at radius 1 is 0.957 bits per heavy atom. The lowest BCUT2D eigenvalue weighted by Gasteiger charge is -2.33. The Bertz CT molecular complexity index is 1210. The highest BCUT2D eigenvalue weighted by Crippen LogP contribution is 2.29. The minimum Gasteiger partial charge on any atom is -0.389 e. The summed E-state index contributed by atoms with van der Waals surface area (Å²) in [6, 6.07) is 6.94. The first-order chi connectivity index (χ1) is 22.2. The highest BCUT2D eigenvalue weighted by Gasteiger charge is 2.34. The third-order valence-electron chi connectivity index (χ3n) is 8.54. The highest BCUT2D eigenvalue weighted by atomic mass is 19.4.